The van der Waals surface area contributed by atoms with Crippen LogP contribution in [0, 0.1) is 11.8 Å². The summed E-state index contributed by atoms with van der Waals surface area (Å²) in [5, 5.41) is 24.5. The van der Waals surface area contributed by atoms with Gasteiger partial charge in [0.2, 0.25) is 17.7 Å². The number of likely N-dealkylation sites (tertiary alicyclic amines) is 1. The number of nitrogens with one attached hydrogen (secondary N) is 5. The molecule has 0 bridgehead atoms. The van der Waals surface area contributed by atoms with E-state index in [-0.39, 0.29) is 81.3 Å². The fourth-order valence-electron chi connectivity index (χ4n) is 12.4. The molecule has 0 radical (unpaired) electrons. The molecule has 2 aliphatic carbocycles. The van der Waals surface area contributed by atoms with Crippen LogP contribution >= 0.6 is 24.8 Å². The van der Waals surface area contributed by atoms with E-state index < -0.39 is 94.5 Å². The molecule has 0 spiro atoms. The molecule has 3 unspecified atom stereocenters. The number of carbonyl (C=O) groups is 8. The van der Waals surface area contributed by atoms with Crippen molar-refractivity contribution < 1.29 is 81.4 Å². The number of rotatable bonds is 28. The minimum Gasteiger partial charge on any atom is -0.497 e. The molecule has 6 aromatic rings. The van der Waals surface area contributed by atoms with E-state index in [4.69, 9.17) is 53.0 Å². The third-order valence-corrected chi connectivity index (χ3v) is 17.8. The highest BCUT2D eigenvalue weighted by atomic mass is 35.5. The van der Waals surface area contributed by atoms with Crippen molar-refractivity contribution in [3.63, 3.8) is 0 Å². The second-order valence-electron chi connectivity index (χ2n) is 27.9. The van der Waals surface area contributed by atoms with Crippen molar-refractivity contribution in [2.24, 2.45) is 11.8 Å². The van der Waals surface area contributed by atoms with E-state index in [0.29, 0.717) is 79.3 Å². The zero-order valence-corrected chi connectivity index (χ0v) is 63.9. The molecule has 27 heteroatoms. The molecule has 6 N–H and O–H groups in total. The van der Waals surface area contributed by atoms with Crippen LogP contribution in [-0.2, 0) is 47.7 Å². The molecular weight excluding hydrogens is 1420 g/mol. The van der Waals surface area contributed by atoms with Gasteiger partial charge >= 0.3 is 30.1 Å². The molecule has 576 valence electrons. The summed E-state index contributed by atoms with van der Waals surface area (Å²) < 4.78 is 44.9. The number of carboxylic acids is 1. The van der Waals surface area contributed by atoms with Gasteiger partial charge in [-0.2, -0.15) is 0 Å². The Morgan fingerprint density at radius 3 is 1.46 bits per heavy atom. The molecule has 5 amide bonds. The maximum atomic E-state index is 14.4. The number of hydrogen-bond acceptors (Lipinski definition) is 19. The van der Waals surface area contributed by atoms with Crippen LogP contribution in [0.2, 0.25) is 0 Å². The van der Waals surface area contributed by atoms with Crippen LogP contribution in [-0.4, -0.2) is 167 Å². The van der Waals surface area contributed by atoms with Gasteiger partial charge in [-0.15, -0.1) is 51.1 Å². The number of esters is 2. The van der Waals surface area contributed by atoms with E-state index in [1.54, 1.807) is 93.9 Å². The second-order valence-corrected chi connectivity index (χ2v) is 27.9. The highest BCUT2D eigenvalue weighted by Crippen LogP contribution is 2.47. The highest BCUT2D eigenvalue weighted by molar-refractivity contribution is 5.98. The number of halogens is 2. The average molecular weight is 1520 g/mol. The van der Waals surface area contributed by atoms with Crippen molar-refractivity contribution >= 4 is 94.4 Å². The number of fused-ring (bicyclic) bond motifs is 2. The number of aromatic nitrogens is 2. The molecule has 4 heterocycles. The summed E-state index contributed by atoms with van der Waals surface area (Å²) in [6.07, 6.45) is 7.07. The zero-order valence-electron chi connectivity index (χ0n) is 62.3. The molecule has 10 atom stereocenters. The average Bonchev–Trinajstić information content (AvgIpc) is 1.61. The molecule has 4 fully saturated rings. The number of hydrogen-bond donors (Lipinski definition) is 6. The number of amides is 5. The maximum Gasteiger partial charge on any atom is 0.408 e. The Balaban J connectivity index is 0.000000283. The number of ether oxygens (including phenoxy) is 8. The number of benzene rings is 4. The van der Waals surface area contributed by atoms with Crippen LogP contribution in [0.1, 0.15) is 107 Å². The summed E-state index contributed by atoms with van der Waals surface area (Å²) in [5.74, 6) is -1.21. The van der Waals surface area contributed by atoms with Gasteiger partial charge in [-0.05, 0) is 118 Å². The second kappa shape index (κ2) is 38.3. The molecule has 10 rings (SSSR count). The monoisotopic (exact) mass is 1510 g/mol. The van der Waals surface area contributed by atoms with Gasteiger partial charge in [-0.3, -0.25) is 14.4 Å². The number of methoxy groups -OCH3 is 2. The lowest BCUT2D eigenvalue weighted by atomic mass is 10.1. The maximum absolute atomic E-state index is 14.4. The van der Waals surface area contributed by atoms with Gasteiger partial charge in [0.25, 0.3) is 0 Å². The Morgan fingerprint density at radius 1 is 0.607 bits per heavy atom. The first kappa shape index (κ1) is 85.7. The van der Waals surface area contributed by atoms with Gasteiger partial charge in [0.15, 0.2) is 0 Å². The van der Waals surface area contributed by atoms with E-state index in [1.165, 1.54) is 4.90 Å². The van der Waals surface area contributed by atoms with Crippen LogP contribution < -0.4 is 45.5 Å². The Kier molecular flexibility index (Phi) is 30.7. The molecule has 2 aromatic heterocycles. The number of allylic oxidation sites excluding steroid dienone is 2. The van der Waals surface area contributed by atoms with Crippen molar-refractivity contribution in [2.45, 2.75) is 165 Å². The highest BCUT2D eigenvalue weighted by Gasteiger charge is 2.63. The van der Waals surface area contributed by atoms with Crippen molar-refractivity contribution in [1.29, 1.82) is 0 Å². The molecule has 4 aromatic carbocycles. The van der Waals surface area contributed by atoms with Crippen molar-refractivity contribution in [3.8, 4) is 45.5 Å². The van der Waals surface area contributed by atoms with E-state index in [9.17, 15) is 38.4 Å². The largest absolute Gasteiger partial charge is 0.497 e. The Labute approximate surface area is 637 Å². The summed E-state index contributed by atoms with van der Waals surface area (Å²) in [5.41, 5.74) is 0.996. The third-order valence-electron chi connectivity index (χ3n) is 17.8. The number of carbonyl (C=O) groups excluding carboxylic acids is 7. The first-order valence-corrected chi connectivity index (χ1v) is 35.2. The summed E-state index contributed by atoms with van der Waals surface area (Å²) >= 11 is 0. The smallest absolute Gasteiger partial charge is 0.408 e. The Hall–Kier alpha value is -10.2. The van der Waals surface area contributed by atoms with Gasteiger partial charge in [0.05, 0.1) is 62.4 Å². The predicted molar refractivity (Wildman–Crippen MR) is 412 cm³/mol. The number of nitrogens with zero attached hydrogens (tertiary/aromatic N) is 3. The molecule has 2 saturated carbocycles. The molecule has 2 aliphatic heterocycles. The van der Waals surface area contributed by atoms with Crippen LogP contribution in [0.15, 0.2) is 160 Å². The normalized spacial score (nSPS) is 20.7. The van der Waals surface area contributed by atoms with Crippen molar-refractivity contribution in [3.05, 3.63) is 160 Å². The molecular formula is C80H100Cl2N8O17. The van der Waals surface area contributed by atoms with Crippen molar-refractivity contribution in [2.75, 3.05) is 40.5 Å². The summed E-state index contributed by atoms with van der Waals surface area (Å²) in [7, 11) is 3.21. The quantitative estimate of drug-likeness (QED) is 0.0151. The summed E-state index contributed by atoms with van der Waals surface area (Å²) in [6.45, 7) is 29.6. The zero-order chi connectivity index (χ0) is 76.4. The lowest BCUT2D eigenvalue weighted by Crippen LogP contribution is -2.56. The van der Waals surface area contributed by atoms with Crippen LogP contribution in [0.4, 0.5) is 9.59 Å². The summed E-state index contributed by atoms with van der Waals surface area (Å²) in [6, 6.07) is 31.1. The minimum absolute atomic E-state index is 0. The fourth-order valence-corrected chi connectivity index (χ4v) is 12.4. The van der Waals surface area contributed by atoms with Gasteiger partial charge in [0, 0.05) is 77.4 Å². The van der Waals surface area contributed by atoms with Gasteiger partial charge in [-0.1, -0.05) is 85.0 Å². The molecule has 2 saturated heterocycles. The summed E-state index contributed by atoms with van der Waals surface area (Å²) in [4.78, 5) is 113. The first-order valence-electron chi connectivity index (χ1n) is 35.2. The number of carboxylic acid groups (broad SMARTS) is 1. The topological polar surface area (TPSA) is 320 Å². The molecule has 4 aliphatic rings. The minimum atomic E-state index is -1.27. The Morgan fingerprint density at radius 2 is 1.05 bits per heavy atom. The van der Waals surface area contributed by atoms with Crippen LogP contribution in [0.5, 0.6) is 23.0 Å². The van der Waals surface area contributed by atoms with Crippen LogP contribution in [0.25, 0.3) is 44.3 Å². The van der Waals surface area contributed by atoms with E-state index in [1.807, 2.05) is 109 Å². The van der Waals surface area contributed by atoms with E-state index in [2.05, 4.69) is 52.9 Å². The van der Waals surface area contributed by atoms with Gasteiger partial charge in [-0.25, -0.2) is 33.9 Å². The fraction of sp³-hybridized carbons (Fsp3) is 0.425. The van der Waals surface area contributed by atoms with Gasteiger partial charge < -0.3 is 74.5 Å². The molecule has 25 nitrogen and oxygen atoms in total. The lowest BCUT2D eigenvalue weighted by Gasteiger charge is -2.30. The predicted octanol–water partition coefficient (Wildman–Crippen LogP) is 12.2. The SMILES string of the molecule is C=CC1C[C@]1(NC(=O)C1C[C@@H](Oc2cc(-c3ccccc3)nc3cc(OC)ccc23)CN1)C(=O)OCC.C=CCC[C@H](NC(=O)OC(C)(C)C)C(=O)N1C[C@H](Oc2cc(-c3ccccc3)nc3cc(OC)ccc23)C[C@H]1C(=O)N[C@]1(C(=O)OCC)CC1C=C.C=CCC[C@H](NC(=O)OC(C)(C)C)C(=O)O.Cl.Cl. The van der Waals surface area contributed by atoms with Gasteiger partial charge in [0.1, 0.15) is 75.6 Å². The van der Waals surface area contributed by atoms with Crippen LogP contribution in [0.3, 0.4) is 0 Å². The van der Waals surface area contributed by atoms with E-state index >= 15 is 0 Å². The lowest BCUT2D eigenvalue weighted by molar-refractivity contribution is -0.150. The molecule has 107 heavy (non-hydrogen) atoms. The number of aliphatic carboxylic acids is 1. The standard InChI is InChI=1S/C40H48N4O8.C29H31N3O5.C11H19NO4.2ClH/c1-8-11-17-30(42-38(48)52-39(4,5)6)36(46)44-24-28(21-33(44)35(45)43-40(23-26(40)9-2)37(47)50-10-3)51-34-22-31(25-15-13-12-14-16-25)41-32-20-27(49-7)18-19-29(32)34;1-4-19-16-29(19,28(34)36-5-2)32-27(33)25-14-21(17-30-25)37-26-15-23(18-9-7-6-8-10-18)31-24-13-20(35-3)11-12-22(24)26;1-5-6-7-8(9(13)14)12-10(15)16-11(2,3)4;;/h8-9,12-16,18-20,22,26,28,30,33H,1-2,10-11,17,21,23-24H2,3-7H3,(H,42,48)(H,43,45);4,6-13,15,19,21,25,30H,1,5,14,16-17H2,2-3H3,(H,32,33);5,8H,1,6-7H2,2-4H3,(H,12,15)(H,13,14);2*1H/t26?,28-,30+,33+,40-;19?,21-,25?,29-;8-;;/m110../s1. The third kappa shape index (κ3) is 22.7. The number of alkyl carbamates (subject to hydrolysis) is 2. The first-order chi connectivity index (χ1) is 50.0. The number of pyridine rings is 2. The van der Waals surface area contributed by atoms with Crippen molar-refractivity contribution in [1.82, 2.24) is 41.5 Å². The Bertz CT molecular complexity index is 4160. The van der Waals surface area contributed by atoms with E-state index in [0.717, 1.165) is 33.1 Å².